The van der Waals surface area contributed by atoms with Gasteiger partial charge >= 0.3 is 7.60 Å². The van der Waals surface area contributed by atoms with Gasteiger partial charge in [0.25, 0.3) is 11.4 Å². The van der Waals surface area contributed by atoms with E-state index in [2.05, 4.69) is 0 Å². The first-order valence-corrected chi connectivity index (χ1v) is 11.0. The molecule has 11 nitrogen and oxygen atoms in total. The van der Waals surface area contributed by atoms with Crippen LogP contribution < -0.4 is 0 Å². The molecule has 0 aliphatic carbocycles. The summed E-state index contributed by atoms with van der Waals surface area (Å²) in [6.45, 7) is -0.0307. The van der Waals surface area contributed by atoms with Crippen LogP contribution in [0.3, 0.4) is 0 Å². The Bertz CT molecular complexity index is 1090. The Kier molecular flexibility index (Phi) is 6.75. The number of nitro groups is 2. The highest BCUT2D eigenvalue weighted by atomic mass is 31.2. The predicted molar refractivity (Wildman–Crippen MR) is 116 cm³/mol. The molecular weight excluding hydrogens is 441 g/mol. The van der Waals surface area contributed by atoms with Crippen LogP contribution in [0.5, 0.6) is 0 Å². The first kappa shape index (κ1) is 23.2. The molecule has 0 radical (unpaired) electrons. The Hall–Kier alpha value is -3.50. The summed E-state index contributed by atoms with van der Waals surface area (Å²) in [5.74, 6) is -0.344. The fraction of sp³-hybridized carbons (Fsp3) is 0.150. The van der Waals surface area contributed by atoms with Crippen molar-refractivity contribution in [2.45, 2.75) is 0 Å². The molecule has 0 atom stereocenters. The van der Waals surface area contributed by atoms with E-state index in [1.807, 2.05) is 0 Å². The summed E-state index contributed by atoms with van der Waals surface area (Å²) in [4.78, 5) is 53.7. The minimum absolute atomic E-state index is 0.0153. The molecule has 32 heavy (non-hydrogen) atoms. The van der Waals surface area contributed by atoms with E-state index in [9.17, 15) is 39.4 Å². The number of nitro benzene ring substituents is 2. The number of carbonyl (C=O) groups is 1. The van der Waals surface area contributed by atoms with Gasteiger partial charge in [0, 0.05) is 48.5 Å². The van der Waals surface area contributed by atoms with Crippen LogP contribution in [-0.4, -0.2) is 49.7 Å². The average molecular weight is 459 g/mol. The van der Waals surface area contributed by atoms with E-state index in [1.165, 1.54) is 65.6 Å². The molecule has 3 rings (SSSR count). The molecule has 1 saturated heterocycles. The highest BCUT2D eigenvalue weighted by Gasteiger charge is 2.30. The molecule has 12 heteroatoms. The SMILES string of the molecule is O=C1/C(=C/c2ccc([N+](=O)[O-])cc2)CN(CP(=O)(O)O)C/C1=C\c1ccc([N+](=O)[O-])cc1. The third kappa shape index (κ3) is 6.02. The number of benzene rings is 2. The lowest BCUT2D eigenvalue weighted by Crippen LogP contribution is -2.38. The Morgan fingerprint density at radius 2 is 1.22 bits per heavy atom. The van der Waals surface area contributed by atoms with E-state index < -0.39 is 23.7 Å². The van der Waals surface area contributed by atoms with E-state index >= 15 is 0 Å². The van der Waals surface area contributed by atoms with Crippen LogP contribution in [-0.2, 0) is 9.36 Å². The van der Waals surface area contributed by atoms with Crippen LogP contribution in [0.25, 0.3) is 12.2 Å². The molecule has 166 valence electrons. The van der Waals surface area contributed by atoms with Gasteiger partial charge in [-0.1, -0.05) is 0 Å². The molecule has 0 bridgehead atoms. The average Bonchev–Trinajstić information content (AvgIpc) is 2.71. The number of hydrogen-bond donors (Lipinski definition) is 2. The van der Waals surface area contributed by atoms with Gasteiger partial charge in [-0.25, -0.2) is 0 Å². The van der Waals surface area contributed by atoms with Crippen molar-refractivity contribution in [3.05, 3.63) is 91.0 Å². The molecule has 1 aliphatic rings. The fourth-order valence-corrected chi connectivity index (χ4v) is 3.98. The van der Waals surface area contributed by atoms with E-state index in [-0.39, 0.29) is 41.4 Å². The summed E-state index contributed by atoms with van der Waals surface area (Å²) in [6.07, 6.45) is 2.47. The summed E-state index contributed by atoms with van der Waals surface area (Å²) in [5, 5.41) is 21.6. The lowest BCUT2D eigenvalue weighted by atomic mass is 9.94. The zero-order chi connectivity index (χ0) is 23.5. The fourth-order valence-electron chi connectivity index (χ4n) is 3.26. The highest BCUT2D eigenvalue weighted by molar-refractivity contribution is 7.51. The number of likely N-dealkylation sites (tertiary alicyclic amines) is 1. The molecule has 2 N–H and O–H groups in total. The van der Waals surface area contributed by atoms with Crippen molar-refractivity contribution >= 4 is 36.9 Å². The molecule has 0 spiro atoms. The second kappa shape index (κ2) is 9.33. The quantitative estimate of drug-likeness (QED) is 0.286. The van der Waals surface area contributed by atoms with Gasteiger partial charge in [-0.15, -0.1) is 0 Å². The number of carbonyl (C=O) groups excluding carboxylic acids is 1. The Morgan fingerprint density at radius 1 is 0.844 bits per heavy atom. The highest BCUT2D eigenvalue weighted by Crippen LogP contribution is 2.37. The van der Waals surface area contributed by atoms with E-state index in [4.69, 9.17) is 0 Å². The molecule has 2 aromatic carbocycles. The van der Waals surface area contributed by atoms with Crippen LogP contribution in [0.2, 0.25) is 0 Å². The normalized spacial score (nSPS) is 17.6. The monoisotopic (exact) mass is 459 g/mol. The molecule has 2 aromatic rings. The molecule has 0 unspecified atom stereocenters. The van der Waals surface area contributed by atoms with Crippen molar-refractivity contribution in [2.24, 2.45) is 0 Å². The molecule has 0 aromatic heterocycles. The van der Waals surface area contributed by atoms with Gasteiger partial charge in [0.05, 0.1) is 9.85 Å². The second-order valence-corrected chi connectivity index (χ2v) is 8.77. The largest absolute Gasteiger partial charge is 0.339 e. The van der Waals surface area contributed by atoms with Gasteiger partial charge in [-0.3, -0.25) is 34.5 Å². The maximum atomic E-state index is 13.0. The van der Waals surface area contributed by atoms with Crippen molar-refractivity contribution in [1.82, 2.24) is 4.90 Å². The van der Waals surface area contributed by atoms with Crippen molar-refractivity contribution in [1.29, 1.82) is 0 Å². The summed E-state index contributed by atoms with van der Waals surface area (Å²) in [6, 6.07) is 11.1. The van der Waals surface area contributed by atoms with Gasteiger partial charge < -0.3 is 9.79 Å². The number of ketones is 1. The summed E-state index contributed by atoms with van der Waals surface area (Å²) in [5.41, 5.74) is 1.34. The number of piperidine rings is 1. The van der Waals surface area contributed by atoms with Crippen LogP contribution in [0.1, 0.15) is 11.1 Å². The van der Waals surface area contributed by atoms with Crippen molar-refractivity contribution in [3.63, 3.8) is 0 Å². The third-order valence-electron chi connectivity index (χ3n) is 4.65. The Labute approximate surface area is 181 Å². The number of hydrogen-bond acceptors (Lipinski definition) is 7. The smallest absolute Gasteiger partial charge is 0.324 e. The van der Waals surface area contributed by atoms with Crippen LogP contribution in [0.4, 0.5) is 11.4 Å². The van der Waals surface area contributed by atoms with Crippen molar-refractivity contribution in [2.75, 3.05) is 19.4 Å². The molecule has 0 amide bonds. The summed E-state index contributed by atoms with van der Waals surface area (Å²) >= 11 is 0. The summed E-state index contributed by atoms with van der Waals surface area (Å²) < 4.78 is 11.5. The maximum Gasteiger partial charge on any atom is 0.339 e. The van der Waals surface area contributed by atoms with Gasteiger partial charge in [-0.05, 0) is 47.5 Å². The predicted octanol–water partition coefficient (Wildman–Crippen LogP) is 2.99. The van der Waals surface area contributed by atoms with Crippen molar-refractivity contribution in [3.8, 4) is 0 Å². The van der Waals surface area contributed by atoms with Gasteiger partial charge in [0.15, 0.2) is 5.78 Å². The number of nitrogens with zero attached hydrogens (tertiary/aromatic N) is 3. The number of Topliss-reactive ketones (excluding diaryl/α,β-unsaturated/α-hetero) is 1. The minimum Gasteiger partial charge on any atom is -0.324 e. The van der Waals surface area contributed by atoms with Gasteiger partial charge in [0.1, 0.15) is 6.29 Å². The van der Waals surface area contributed by atoms with Crippen molar-refractivity contribution < 1.29 is 29.0 Å². The standard InChI is InChI=1S/C20H18N3O8P/c24-20-16(9-14-1-5-18(6-2-14)22(25)26)11-21(13-32(29,30)31)12-17(20)10-15-3-7-19(8-4-15)23(27)28/h1-10H,11-13H2,(H2,29,30,31)/b16-9+,17-10+. The van der Waals surface area contributed by atoms with Crippen LogP contribution >= 0.6 is 7.60 Å². The second-order valence-electron chi connectivity index (χ2n) is 7.16. The lowest BCUT2D eigenvalue weighted by molar-refractivity contribution is -0.385. The molecule has 1 fully saturated rings. The maximum absolute atomic E-state index is 13.0. The van der Waals surface area contributed by atoms with Gasteiger partial charge in [-0.2, -0.15) is 0 Å². The van der Waals surface area contributed by atoms with E-state index in [0.717, 1.165) is 0 Å². The van der Waals surface area contributed by atoms with Crippen LogP contribution in [0, 0.1) is 20.2 Å². The molecule has 1 heterocycles. The van der Waals surface area contributed by atoms with Gasteiger partial charge in [0.2, 0.25) is 0 Å². The number of rotatable bonds is 6. The summed E-state index contributed by atoms with van der Waals surface area (Å²) in [7, 11) is -4.40. The molecule has 1 aliphatic heterocycles. The zero-order valence-electron chi connectivity index (χ0n) is 16.5. The van der Waals surface area contributed by atoms with Crippen LogP contribution in [0.15, 0.2) is 59.7 Å². The number of non-ortho nitro benzene ring substituents is 2. The molecule has 0 saturated carbocycles. The van der Waals surface area contributed by atoms with E-state index in [1.54, 1.807) is 0 Å². The lowest BCUT2D eigenvalue weighted by Gasteiger charge is -2.29. The first-order chi connectivity index (χ1) is 15.0. The molecular formula is C20H18N3O8P. The Morgan fingerprint density at radius 3 is 1.53 bits per heavy atom. The Balaban J connectivity index is 1.95. The minimum atomic E-state index is -4.40. The third-order valence-corrected chi connectivity index (χ3v) is 5.41. The first-order valence-electron chi connectivity index (χ1n) is 9.23. The zero-order valence-corrected chi connectivity index (χ0v) is 17.4. The topological polar surface area (TPSA) is 164 Å². The van der Waals surface area contributed by atoms with E-state index in [0.29, 0.717) is 11.1 Å².